The first-order valence-electron chi connectivity index (χ1n) is 11.6. The number of nitrogens with zero attached hydrogens (tertiary/aromatic N) is 5. The van der Waals surface area contributed by atoms with Crippen LogP contribution in [0.15, 0.2) is 59.7 Å². The molecule has 1 N–H and O–H groups in total. The maximum Gasteiger partial charge on any atom is 0.280 e. The Morgan fingerprint density at radius 1 is 1.09 bits per heavy atom. The molecule has 34 heavy (non-hydrogen) atoms. The van der Waals surface area contributed by atoms with Gasteiger partial charge in [-0.15, -0.1) is 0 Å². The van der Waals surface area contributed by atoms with Gasteiger partial charge >= 0.3 is 0 Å². The van der Waals surface area contributed by atoms with Gasteiger partial charge in [-0.05, 0) is 62.5 Å². The molecule has 3 aromatic heterocycles. The summed E-state index contributed by atoms with van der Waals surface area (Å²) < 4.78 is 4.90. The monoisotopic (exact) mass is 478 g/mol. The summed E-state index contributed by atoms with van der Waals surface area (Å²) in [5.41, 5.74) is 1.61. The van der Waals surface area contributed by atoms with Gasteiger partial charge in [0.1, 0.15) is 16.9 Å². The predicted octanol–water partition coefficient (Wildman–Crippen LogP) is 3.89. The average Bonchev–Trinajstić information content (AvgIpc) is 3.52. The van der Waals surface area contributed by atoms with Crippen molar-refractivity contribution in [2.75, 3.05) is 18.1 Å². The molecule has 3 heterocycles. The van der Waals surface area contributed by atoms with Crippen molar-refractivity contribution in [2.45, 2.75) is 39.7 Å². The molecule has 0 radical (unpaired) electrons. The third-order valence-corrected chi connectivity index (χ3v) is 6.87. The Morgan fingerprint density at radius 2 is 1.82 bits per heavy atom. The molecule has 0 aliphatic carbocycles. The number of thioether (sulfide) groups is 1. The zero-order valence-electron chi connectivity index (χ0n) is 19.8. The molecular formula is C25H30N6O2S. The van der Waals surface area contributed by atoms with Crippen LogP contribution >= 0.6 is 11.8 Å². The number of fused-ring (bicyclic) bond motifs is 1. The average molecular weight is 479 g/mol. The molecule has 8 nitrogen and oxygen atoms in total. The van der Waals surface area contributed by atoms with E-state index >= 15 is 0 Å². The molecule has 178 valence electrons. The summed E-state index contributed by atoms with van der Waals surface area (Å²) in [6, 6.07) is 12.7. The van der Waals surface area contributed by atoms with E-state index in [1.54, 1.807) is 11.6 Å². The number of para-hydroxylation sites is 1. The smallest absolute Gasteiger partial charge is 0.280 e. The van der Waals surface area contributed by atoms with Crippen molar-refractivity contribution in [3.8, 4) is 11.5 Å². The van der Waals surface area contributed by atoms with E-state index in [0.717, 1.165) is 30.0 Å². The van der Waals surface area contributed by atoms with Gasteiger partial charge in [-0.3, -0.25) is 9.59 Å². The summed E-state index contributed by atoms with van der Waals surface area (Å²) in [6.07, 6.45) is 5.80. The van der Waals surface area contributed by atoms with Gasteiger partial charge in [0.25, 0.3) is 5.56 Å². The molecule has 0 aliphatic rings. The van der Waals surface area contributed by atoms with E-state index in [2.05, 4.69) is 17.3 Å². The molecule has 4 rings (SSSR count). The number of hydrogen-bond acceptors (Lipinski definition) is 5. The highest BCUT2D eigenvalue weighted by Gasteiger charge is 2.25. The molecule has 0 saturated carbocycles. The van der Waals surface area contributed by atoms with Crippen LogP contribution in [0, 0.1) is 6.92 Å². The molecule has 4 aromatic rings. The van der Waals surface area contributed by atoms with Gasteiger partial charge in [-0.2, -0.15) is 22.0 Å². The standard InChI is InChI=1S/C25H30N6O2S/c1-4-16-34-17-10-13-26-23(32)19(3)30-25(33)21-22(18(2)27-30)28-31(20-11-6-5-7-12-20)24(21)29-14-8-9-15-29/h5-9,11-12,14-15,19H,4,10,13,16-17H2,1-3H3,(H,26,32)/t19-/m1/s1. The summed E-state index contributed by atoms with van der Waals surface area (Å²) in [7, 11) is 0. The van der Waals surface area contributed by atoms with Crippen molar-refractivity contribution < 1.29 is 4.79 Å². The Kier molecular flexibility index (Phi) is 7.52. The molecular weight excluding hydrogens is 448 g/mol. The molecule has 1 atom stereocenters. The van der Waals surface area contributed by atoms with Crippen molar-refractivity contribution in [2.24, 2.45) is 0 Å². The van der Waals surface area contributed by atoms with Crippen molar-refractivity contribution in [3.05, 3.63) is 70.9 Å². The summed E-state index contributed by atoms with van der Waals surface area (Å²) in [5.74, 6) is 2.54. The third-order valence-electron chi connectivity index (χ3n) is 5.59. The molecule has 0 aliphatic heterocycles. The zero-order chi connectivity index (χ0) is 24.1. The fraction of sp³-hybridized carbons (Fsp3) is 0.360. The van der Waals surface area contributed by atoms with E-state index in [-0.39, 0.29) is 11.5 Å². The quantitative estimate of drug-likeness (QED) is 0.350. The number of amides is 1. The SMILES string of the molecule is CCCSCCCNC(=O)[C@@H](C)n1nc(C)c2nn(-c3ccccc3)c(-n3cccc3)c2c1=O. The number of hydrogen-bond donors (Lipinski definition) is 1. The lowest BCUT2D eigenvalue weighted by Gasteiger charge is -2.15. The van der Waals surface area contributed by atoms with Crippen molar-refractivity contribution in [1.29, 1.82) is 0 Å². The zero-order valence-corrected chi connectivity index (χ0v) is 20.6. The van der Waals surface area contributed by atoms with Gasteiger partial charge in [-0.25, -0.2) is 9.36 Å². The first-order valence-corrected chi connectivity index (χ1v) is 12.7. The first-order chi connectivity index (χ1) is 16.5. The maximum absolute atomic E-state index is 13.7. The largest absolute Gasteiger partial charge is 0.354 e. The molecule has 1 aromatic carbocycles. The maximum atomic E-state index is 13.7. The van der Waals surface area contributed by atoms with E-state index in [1.165, 1.54) is 4.68 Å². The molecule has 9 heteroatoms. The van der Waals surface area contributed by atoms with Crippen LogP contribution in [0.4, 0.5) is 0 Å². The van der Waals surface area contributed by atoms with Gasteiger partial charge < -0.3 is 9.88 Å². The minimum absolute atomic E-state index is 0.216. The fourth-order valence-corrected chi connectivity index (χ4v) is 4.69. The van der Waals surface area contributed by atoms with Crippen LogP contribution in [-0.2, 0) is 4.79 Å². The summed E-state index contributed by atoms with van der Waals surface area (Å²) in [6.45, 7) is 6.26. The summed E-state index contributed by atoms with van der Waals surface area (Å²) in [5, 5.41) is 12.6. The second-order valence-electron chi connectivity index (χ2n) is 8.15. The number of nitrogens with one attached hydrogen (secondary N) is 1. The number of rotatable bonds is 10. The minimum atomic E-state index is -0.739. The second kappa shape index (κ2) is 10.7. The van der Waals surface area contributed by atoms with E-state index in [1.807, 2.05) is 78.1 Å². The Balaban J connectivity index is 1.72. The Bertz CT molecular complexity index is 1310. The van der Waals surface area contributed by atoms with Crippen molar-refractivity contribution >= 4 is 28.6 Å². The van der Waals surface area contributed by atoms with E-state index in [4.69, 9.17) is 5.10 Å². The summed E-state index contributed by atoms with van der Waals surface area (Å²) in [4.78, 5) is 26.5. The second-order valence-corrected chi connectivity index (χ2v) is 9.38. The molecule has 0 spiro atoms. The first kappa shape index (κ1) is 23.8. The van der Waals surface area contributed by atoms with Crippen LogP contribution in [0.5, 0.6) is 0 Å². The van der Waals surface area contributed by atoms with Crippen molar-refractivity contribution in [1.82, 2.24) is 29.4 Å². The lowest BCUT2D eigenvalue weighted by atomic mass is 10.2. The number of carbonyl (C=O) groups is 1. The molecule has 0 bridgehead atoms. The fourth-order valence-electron chi connectivity index (χ4n) is 3.85. The topological polar surface area (TPSA) is 86.7 Å². The Morgan fingerprint density at radius 3 is 2.53 bits per heavy atom. The molecule has 0 saturated heterocycles. The Hall–Kier alpha value is -3.33. The van der Waals surface area contributed by atoms with Crippen LogP contribution in [0.25, 0.3) is 22.4 Å². The number of carbonyl (C=O) groups excluding carboxylic acids is 1. The summed E-state index contributed by atoms with van der Waals surface area (Å²) >= 11 is 1.89. The lowest BCUT2D eigenvalue weighted by molar-refractivity contribution is -0.124. The highest BCUT2D eigenvalue weighted by atomic mass is 32.2. The van der Waals surface area contributed by atoms with Crippen molar-refractivity contribution in [3.63, 3.8) is 0 Å². The van der Waals surface area contributed by atoms with Crippen LogP contribution in [0.3, 0.4) is 0 Å². The van der Waals surface area contributed by atoms with Crippen LogP contribution in [0.1, 0.15) is 38.4 Å². The molecule has 0 fully saturated rings. The highest BCUT2D eigenvalue weighted by molar-refractivity contribution is 7.99. The lowest BCUT2D eigenvalue weighted by Crippen LogP contribution is -2.38. The number of benzene rings is 1. The predicted molar refractivity (Wildman–Crippen MR) is 137 cm³/mol. The van der Waals surface area contributed by atoms with Gasteiger partial charge in [0.05, 0.1) is 11.4 Å². The van der Waals surface area contributed by atoms with E-state index in [9.17, 15) is 9.59 Å². The van der Waals surface area contributed by atoms with Crippen LogP contribution < -0.4 is 10.9 Å². The third kappa shape index (κ3) is 4.79. The highest BCUT2D eigenvalue weighted by Crippen LogP contribution is 2.25. The van der Waals surface area contributed by atoms with Gasteiger partial charge in [-0.1, -0.05) is 25.1 Å². The number of aryl methyl sites for hydroxylation is 1. The number of aromatic nitrogens is 5. The molecule has 1 amide bonds. The normalized spacial score (nSPS) is 12.2. The van der Waals surface area contributed by atoms with Gasteiger partial charge in [0.15, 0.2) is 5.82 Å². The van der Waals surface area contributed by atoms with Gasteiger partial charge in [0, 0.05) is 18.9 Å². The minimum Gasteiger partial charge on any atom is -0.354 e. The van der Waals surface area contributed by atoms with Crippen LogP contribution in [-0.4, -0.2) is 48.1 Å². The van der Waals surface area contributed by atoms with Crippen LogP contribution in [0.2, 0.25) is 0 Å². The van der Waals surface area contributed by atoms with Gasteiger partial charge in [0.2, 0.25) is 5.91 Å². The van der Waals surface area contributed by atoms with E-state index < -0.39 is 6.04 Å². The van der Waals surface area contributed by atoms with E-state index in [0.29, 0.717) is 29.0 Å². The molecule has 0 unspecified atom stereocenters. The Labute approximate surface area is 203 Å².